The van der Waals surface area contributed by atoms with Crippen LogP contribution in [0.1, 0.15) is 46.1 Å². The predicted octanol–water partition coefficient (Wildman–Crippen LogP) is 4.38. The Kier molecular flexibility index (Phi) is 8.34. The van der Waals surface area contributed by atoms with Gasteiger partial charge in [-0.25, -0.2) is 4.79 Å². The summed E-state index contributed by atoms with van der Waals surface area (Å²) in [4.78, 5) is 28.6. The largest absolute Gasteiger partial charge is 0.444 e. The maximum atomic E-state index is 13.1. The van der Waals surface area contributed by atoms with Crippen LogP contribution in [0.4, 0.5) is 18.0 Å². The van der Waals surface area contributed by atoms with E-state index in [2.05, 4.69) is 0 Å². The first-order valence-electron chi connectivity index (χ1n) is 10.4. The van der Waals surface area contributed by atoms with Crippen LogP contribution in [0.5, 0.6) is 0 Å². The maximum absolute atomic E-state index is 13.1. The molecule has 31 heavy (non-hydrogen) atoms. The summed E-state index contributed by atoms with van der Waals surface area (Å²) >= 11 is 0. The summed E-state index contributed by atoms with van der Waals surface area (Å²) in [5.74, 6) is -0.538. The zero-order valence-electron chi connectivity index (χ0n) is 18.4. The molecule has 1 aliphatic rings. The molecule has 1 aromatic rings. The summed E-state index contributed by atoms with van der Waals surface area (Å²) in [6.45, 7) is 6.12. The Morgan fingerprint density at radius 1 is 1.19 bits per heavy atom. The first-order valence-corrected chi connectivity index (χ1v) is 10.4. The zero-order valence-corrected chi connectivity index (χ0v) is 18.4. The second kappa shape index (κ2) is 10.3. The summed E-state index contributed by atoms with van der Waals surface area (Å²) in [5, 5.41) is 0. The number of halogens is 3. The monoisotopic (exact) mass is 444 g/mol. The molecule has 1 saturated heterocycles. The molecule has 0 aliphatic carbocycles. The first-order chi connectivity index (χ1) is 14.4. The molecule has 0 N–H and O–H groups in total. The molecule has 2 amide bonds. The van der Waals surface area contributed by atoms with Gasteiger partial charge < -0.3 is 19.3 Å². The number of nitrogens with zero attached hydrogens (tertiary/aromatic N) is 2. The van der Waals surface area contributed by atoms with E-state index in [4.69, 9.17) is 9.47 Å². The van der Waals surface area contributed by atoms with E-state index in [9.17, 15) is 22.8 Å². The summed E-state index contributed by atoms with van der Waals surface area (Å²) < 4.78 is 47.9. The minimum atomic E-state index is -4.52. The molecular formula is C22H31F3N2O4. The number of amides is 2. The van der Waals surface area contributed by atoms with Gasteiger partial charge in [0.1, 0.15) is 18.3 Å². The molecule has 0 bridgehead atoms. The minimum absolute atomic E-state index is 0.215. The molecule has 2 atom stereocenters. The maximum Gasteiger partial charge on any atom is 0.411 e. The quantitative estimate of drug-likeness (QED) is 0.653. The lowest BCUT2D eigenvalue weighted by molar-refractivity contribution is -0.189. The van der Waals surface area contributed by atoms with Crippen molar-refractivity contribution in [2.75, 3.05) is 19.7 Å². The third-order valence-electron chi connectivity index (χ3n) is 4.81. The highest BCUT2D eigenvalue weighted by Gasteiger charge is 2.36. The summed E-state index contributed by atoms with van der Waals surface area (Å²) in [6, 6.07) is 8.83. The Morgan fingerprint density at radius 3 is 2.42 bits per heavy atom. The Labute approximate surface area is 181 Å². The molecule has 6 nitrogen and oxygen atoms in total. The smallest absolute Gasteiger partial charge is 0.411 e. The van der Waals surface area contributed by atoms with E-state index in [1.165, 1.54) is 11.8 Å². The highest BCUT2D eigenvalue weighted by atomic mass is 19.4. The van der Waals surface area contributed by atoms with Gasteiger partial charge in [0, 0.05) is 25.7 Å². The number of piperidine rings is 1. The normalized spacial score (nSPS) is 18.4. The molecule has 2 rings (SSSR count). The van der Waals surface area contributed by atoms with E-state index >= 15 is 0 Å². The minimum Gasteiger partial charge on any atom is -0.444 e. The SMILES string of the molecule is C[C@@H](OCC(F)(F)F)C(=O)N(Cc1ccccc1)[C@@H]1CCCN(C(=O)OC(C)(C)C)C1. The lowest BCUT2D eigenvalue weighted by Gasteiger charge is -2.40. The van der Waals surface area contributed by atoms with Crippen molar-refractivity contribution >= 4 is 12.0 Å². The predicted molar refractivity (Wildman–Crippen MR) is 109 cm³/mol. The third kappa shape index (κ3) is 8.40. The average molecular weight is 444 g/mol. The van der Waals surface area contributed by atoms with Crippen molar-refractivity contribution < 1.29 is 32.2 Å². The lowest BCUT2D eigenvalue weighted by Crippen LogP contribution is -2.54. The van der Waals surface area contributed by atoms with Gasteiger partial charge in [-0.05, 0) is 46.1 Å². The molecule has 0 aromatic heterocycles. The molecule has 1 aliphatic heterocycles. The molecule has 0 spiro atoms. The number of benzene rings is 1. The van der Waals surface area contributed by atoms with Gasteiger partial charge in [0.2, 0.25) is 0 Å². The number of carbonyl (C=O) groups is 2. The van der Waals surface area contributed by atoms with Gasteiger partial charge in [0.25, 0.3) is 5.91 Å². The van der Waals surface area contributed by atoms with Crippen molar-refractivity contribution in [3.05, 3.63) is 35.9 Å². The molecule has 174 valence electrons. The lowest BCUT2D eigenvalue weighted by atomic mass is 10.0. The van der Waals surface area contributed by atoms with Crippen LogP contribution in [0.2, 0.25) is 0 Å². The Morgan fingerprint density at radius 2 is 1.84 bits per heavy atom. The van der Waals surface area contributed by atoms with Gasteiger partial charge in [0.15, 0.2) is 0 Å². The van der Waals surface area contributed by atoms with Crippen molar-refractivity contribution in [2.24, 2.45) is 0 Å². The van der Waals surface area contributed by atoms with E-state index in [1.54, 1.807) is 25.7 Å². The van der Waals surface area contributed by atoms with Gasteiger partial charge in [-0.2, -0.15) is 13.2 Å². The van der Waals surface area contributed by atoms with Crippen LogP contribution < -0.4 is 0 Å². The number of hydrogen-bond donors (Lipinski definition) is 0. The molecular weight excluding hydrogens is 413 g/mol. The van der Waals surface area contributed by atoms with E-state index in [-0.39, 0.29) is 19.1 Å². The van der Waals surface area contributed by atoms with Gasteiger partial charge in [0.05, 0.1) is 0 Å². The zero-order chi connectivity index (χ0) is 23.2. The highest BCUT2D eigenvalue weighted by molar-refractivity contribution is 5.81. The number of alkyl halides is 3. The average Bonchev–Trinajstić information content (AvgIpc) is 2.69. The molecule has 9 heteroatoms. The second-order valence-electron chi connectivity index (χ2n) is 8.74. The molecule has 1 fully saturated rings. The van der Waals surface area contributed by atoms with Crippen LogP contribution in [0.3, 0.4) is 0 Å². The number of carbonyl (C=O) groups excluding carboxylic acids is 2. The fourth-order valence-corrected chi connectivity index (χ4v) is 3.39. The highest BCUT2D eigenvalue weighted by Crippen LogP contribution is 2.23. The van der Waals surface area contributed by atoms with Crippen molar-refractivity contribution in [1.82, 2.24) is 9.80 Å². The first kappa shape index (κ1) is 25.0. The van der Waals surface area contributed by atoms with E-state index in [1.807, 2.05) is 30.3 Å². The number of hydrogen-bond acceptors (Lipinski definition) is 4. The van der Waals surface area contributed by atoms with E-state index < -0.39 is 36.5 Å². The second-order valence-corrected chi connectivity index (χ2v) is 8.74. The molecule has 1 heterocycles. The van der Waals surface area contributed by atoms with Gasteiger partial charge in [-0.15, -0.1) is 0 Å². The van der Waals surface area contributed by atoms with Crippen LogP contribution in [-0.2, 0) is 20.8 Å². The topological polar surface area (TPSA) is 59.1 Å². The van der Waals surface area contributed by atoms with E-state index in [0.29, 0.717) is 19.4 Å². The van der Waals surface area contributed by atoms with Crippen molar-refractivity contribution in [3.63, 3.8) is 0 Å². The Hall–Kier alpha value is -2.29. The Bertz CT molecular complexity index is 735. The molecule has 0 radical (unpaired) electrons. The summed E-state index contributed by atoms with van der Waals surface area (Å²) in [7, 11) is 0. The van der Waals surface area contributed by atoms with Gasteiger partial charge in [-0.1, -0.05) is 30.3 Å². The van der Waals surface area contributed by atoms with Crippen molar-refractivity contribution in [3.8, 4) is 0 Å². The standard InChI is InChI=1S/C22H31F3N2O4/c1-16(30-15-22(23,24)25)19(28)27(13-17-9-6-5-7-10-17)18-11-8-12-26(14-18)20(29)31-21(2,3)4/h5-7,9-10,16,18H,8,11-15H2,1-4H3/t16-,18-/m1/s1. The molecule has 0 unspecified atom stereocenters. The van der Waals surface area contributed by atoms with Crippen LogP contribution >= 0.6 is 0 Å². The Balaban J connectivity index is 2.17. The van der Waals surface area contributed by atoms with Crippen molar-refractivity contribution in [2.45, 2.75) is 71.0 Å². The van der Waals surface area contributed by atoms with Crippen LogP contribution in [0.15, 0.2) is 30.3 Å². The summed E-state index contributed by atoms with van der Waals surface area (Å²) in [6.07, 6.45) is -4.96. The van der Waals surface area contributed by atoms with Crippen LogP contribution in [0, 0.1) is 0 Å². The van der Waals surface area contributed by atoms with Crippen molar-refractivity contribution in [1.29, 1.82) is 0 Å². The molecule has 1 aromatic carbocycles. The fourth-order valence-electron chi connectivity index (χ4n) is 3.39. The number of rotatable bonds is 6. The van der Waals surface area contributed by atoms with Gasteiger partial charge >= 0.3 is 12.3 Å². The summed E-state index contributed by atoms with van der Waals surface area (Å²) in [5.41, 5.74) is 0.192. The third-order valence-corrected chi connectivity index (χ3v) is 4.81. The van der Waals surface area contributed by atoms with Crippen LogP contribution in [0.25, 0.3) is 0 Å². The number of likely N-dealkylation sites (tertiary alicyclic amines) is 1. The fraction of sp³-hybridized carbons (Fsp3) is 0.636. The van der Waals surface area contributed by atoms with Crippen LogP contribution in [-0.4, -0.2) is 65.4 Å². The molecule has 0 saturated carbocycles. The van der Waals surface area contributed by atoms with E-state index in [0.717, 1.165) is 5.56 Å². The van der Waals surface area contributed by atoms with Gasteiger partial charge in [-0.3, -0.25) is 4.79 Å². The number of ether oxygens (including phenoxy) is 2.